The fourth-order valence-electron chi connectivity index (χ4n) is 1.09. The Labute approximate surface area is 76.0 Å². The minimum Gasteiger partial charge on any atom is -0.550 e. The first-order valence-corrected chi connectivity index (χ1v) is 4.13. The zero-order valence-corrected chi connectivity index (χ0v) is 7.13. The first kappa shape index (κ1) is 9.71. The Hall–Kier alpha value is -1.38. The third-order valence-corrected chi connectivity index (χ3v) is 1.76. The molecule has 0 atom stereocenters. The smallest absolute Gasteiger partial charge is 0.123 e. The van der Waals surface area contributed by atoms with Gasteiger partial charge in [0.05, 0.1) is 0 Å². The number of carbonyl (C=O) groups excluding carboxylic acids is 1. The summed E-state index contributed by atoms with van der Waals surface area (Å²) in [6.07, 6.45) is 1.24. The van der Waals surface area contributed by atoms with Crippen LogP contribution in [0.4, 0.5) is 4.39 Å². The third-order valence-electron chi connectivity index (χ3n) is 1.76. The summed E-state index contributed by atoms with van der Waals surface area (Å²) in [4.78, 5) is 10.1. The number of aryl methyl sites for hydroxylation is 1. The van der Waals surface area contributed by atoms with Crippen molar-refractivity contribution in [3.63, 3.8) is 0 Å². The number of hydrogen-bond acceptors (Lipinski definition) is 2. The molecule has 0 radical (unpaired) electrons. The quantitative estimate of drug-likeness (QED) is 0.692. The van der Waals surface area contributed by atoms with E-state index in [2.05, 4.69) is 0 Å². The Morgan fingerprint density at radius 3 is 2.46 bits per heavy atom. The summed E-state index contributed by atoms with van der Waals surface area (Å²) in [5.41, 5.74) is 0.947. The van der Waals surface area contributed by atoms with E-state index in [1.54, 1.807) is 12.1 Å². The minimum absolute atomic E-state index is 0.0530. The molecule has 0 spiro atoms. The molecular formula is C10H10FO2-. The van der Waals surface area contributed by atoms with Gasteiger partial charge < -0.3 is 9.90 Å². The topological polar surface area (TPSA) is 40.1 Å². The van der Waals surface area contributed by atoms with Crippen LogP contribution in [0.2, 0.25) is 0 Å². The van der Waals surface area contributed by atoms with Gasteiger partial charge in [0.25, 0.3) is 0 Å². The maximum absolute atomic E-state index is 12.4. The predicted molar refractivity (Wildman–Crippen MR) is 44.3 cm³/mol. The molecule has 70 valence electrons. The molecule has 0 saturated heterocycles. The van der Waals surface area contributed by atoms with Gasteiger partial charge in [-0.3, -0.25) is 0 Å². The Bertz CT molecular complexity index is 279. The molecule has 0 saturated carbocycles. The van der Waals surface area contributed by atoms with Crippen molar-refractivity contribution in [2.24, 2.45) is 0 Å². The molecule has 1 aromatic carbocycles. The number of aliphatic carboxylic acids is 1. The van der Waals surface area contributed by atoms with Crippen LogP contribution in [0.15, 0.2) is 24.3 Å². The average molecular weight is 181 g/mol. The van der Waals surface area contributed by atoms with Crippen molar-refractivity contribution in [2.75, 3.05) is 0 Å². The van der Waals surface area contributed by atoms with E-state index in [0.29, 0.717) is 12.8 Å². The monoisotopic (exact) mass is 181 g/mol. The zero-order chi connectivity index (χ0) is 9.68. The predicted octanol–water partition coefficient (Wildman–Crippen LogP) is 0.898. The van der Waals surface area contributed by atoms with Gasteiger partial charge in [-0.2, -0.15) is 0 Å². The fraction of sp³-hybridized carbons (Fsp3) is 0.300. The lowest BCUT2D eigenvalue weighted by Crippen LogP contribution is -2.21. The first-order valence-electron chi connectivity index (χ1n) is 4.13. The van der Waals surface area contributed by atoms with Crippen molar-refractivity contribution in [3.05, 3.63) is 35.6 Å². The van der Waals surface area contributed by atoms with E-state index in [1.807, 2.05) is 0 Å². The maximum atomic E-state index is 12.4. The second kappa shape index (κ2) is 4.60. The fourth-order valence-corrected chi connectivity index (χ4v) is 1.09. The highest BCUT2D eigenvalue weighted by Crippen LogP contribution is 2.06. The molecule has 13 heavy (non-hydrogen) atoms. The number of carbonyl (C=O) groups is 1. The van der Waals surface area contributed by atoms with Crippen molar-refractivity contribution in [1.82, 2.24) is 0 Å². The highest BCUT2D eigenvalue weighted by molar-refractivity contribution is 5.64. The lowest BCUT2D eigenvalue weighted by molar-refractivity contribution is -0.305. The van der Waals surface area contributed by atoms with Crippen LogP contribution in [0.25, 0.3) is 0 Å². The molecule has 0 aliphatic rings. The Morgan fingerprint density at radius 1 is 1.31 bits per heavy atom. The molecule has 0 heterocycles. The van der Waals surface area contributed by atoms with E-state index in [4.69, 9.17) is 0 Å². The van der Waals surface area contributed by atoms with Crippen LogP contribution in [0.1, 0.15) is 18.4 Å². The van der Waals surface area contributed by atoms with E-state index in [-0.39, 0.29) is 12.2 Å². The molecule has 0 fully saturated rings. The van der Waals surface area contributed by atoms with Crippen LogP contribution in [-0.4, -0.2) is 5.97 Å². The van der Waals surface area contributed by atoms with Crippen LogP contribution < -0.4 is 5.11 Å². The van der Waals surface area contributed by atoms with Gasteiger partial charge in [-0.1, -0.05) is 12.1 Å². The van der Waals surface area contributed by atoms with E-state index in [9.17, 15) is 14.3 Å². The van der Waals surface area contributed by atoms with Gasteiger partial charge in [0, 0.05) is 5.97 Å². The van der Waals surface area contributed by atoms with Crippen LogP contribution in [0.3, 0.4) is 0 Å². The van der Waals surface area contributed by atoms with Crippen molar-refractivity contribution >= 4 is 5.97 Å². The molecule has 2 nitrogen and oxygen atoms in total. The standard InChI is InChI=1S/C10H11FO2/c11-9-6-4-8(5-7-9)2-1-3-10(12)13/h4-7H,1-3H2,(H,12,13)/p-1. The van der Waals surface area contributed by atoms with Crippen molar-refractivity contribution in [3.8, 4) is 0 Å². The van der Waals surface area contributed by atoms with Gasteiger partial charge in [-0.25, -0.2) is 4.39 Å². The molecular weight excluding hydrogens is 171 g/mol. The molecule has 0 unspecified atom stereocenters. The lowest BCUT2D eigenvalue weighted by atomic mass is 10.1. The molecule has 3 heteroatoms. The summed E-state index contributed by atoms with van der Waals surface area (Å²) in [5, 5.41) is 10.1. The van der Waals surface area contributed by atoms with Crippen LogP contribution in [-0.2, 0) is 11.2 Å². The van der Waals surface area contributed by atoms with Gasteiger partial charge in [-0.05, 0) is 37.0 Å². The van der Waals surface area contributed by atoms with Crippen molar-refractivity contribution in [2.45, 2.75) is 19.3 Å². The summed E-state index contributed by atoms with van der Waals surface area (Å²) in [5.74, 6) is -1.31. The van der Waals surface area contributed by atoms with Crippen LogP contribution in [0, 0.1) is 5.82 Å². The first-order chi connectivity index (χ1) is 6.18. The molecule has 1 aromatic rings. The number of hydrogen-bond donors (Lipinski definition) is 0. The largest absolute Gasteiger partial charge is 0.550 e. The summed E-state index contributed by atoms with van der Waals surface area (Å²) in [7, 11) is 0. The van der Waals surface area contributed by atoms with Crippen molar-refractivity contribution in [1.29, 1.82) is 0 Å². The Kier molecular flexibility index (Phi) is 3.43. The van der Waals surface area contributed by atoms with Gasteiger partial charge in [0.2, 0.25) is 0 Å². The molecule has 1 rings (SSSR count). The van der Waals surface area contributed by atoms with Gasteiger partial charge >= 0.3 is 0 Å². The van der Waals surface area contributed by atoms with E-state index < -0.39 is 5.97 Å². The van der Waals surface area contributed by atoms with E-state index in [0.717, 1.165) is 5.56 Å². The summed E-state index contributed by atoms with van der Waals surface area (Å²) >= 11 is 0. The molecule has 0 amide bonds. The molecule has 0 aliphatic heterocycles. The summed E-state index contributed by atoms with van der Waals surface area (Å²) < 4.78 is 12.4. The van der Waals surface area contributed by atoms with Crippen LogP contribution in [0.5, 0.6) is 0 Å². The minimum atomic E-state index is -1.04. The third kappa shape index (κ3) is 3.69. The zero-order valence-electron chi connectivity index (χ0n) is 7.13. The van der Waals surface area contributed by atoms with Gasteiger partial charge in [-0.15, -0.1) is 0 Å². The number of rotatable bonds is 4. The summed E-state index contributed by atoms with van der Waals surface area (Å²) in [6, 6.07) is 6.05. The molecule has 0 bridgehead atoms. The number of carboxylic acids is 1. The summed E-state index contributed by atoms with van der Waals surface area (Å²) in [6.45, 7) is 0. The SMILES string of the molecule is O=C([O-])CCCc1ccc(F)cc1. The van der Waals surface area contributed by atoms with Gasteiger partial charge in [0.15, 0.2) is 0 Å². The van der Waals surface area contributed by atoms with E-state index >= 15 is 0 Å². The maximum Gasteiger partial charge on any atom is 0.123 e. The number of benzene rings is 1. The Balaban J connectivity index is 2.37. The Morgan fingerprint density at radius 2 is 1.92 bits per heavy atom. The second-order valence-electron chi connectivity index (χ2n) is 2.85. The lowest BCUT2D eigenvalue weighted by Gasteiger charge is -2.02. The number of carboxylic acid groups (broad SMARTS) is 1. The second-order valence-corrected chi connectivity index (χ2v) is 2.85. The average Bonchev–Trinajstić information content (AvgIpc) is 2.08. The van der Waals surface area contributed by atoms with Crippen LogP contribution >= 0.6 is 0 Å². The molecule has 0 aromatic heterocycles. The highest BCUT2D eigenvalue weighted by Gasteiger charge is 1.94. The van der Waals surface area contributed by atoms with Gasteiger partial charge in [0.1, 0.15) is 5.82 Å². The highest BCUT2D eigenvalue weighted by atomic mass is 19.1. The molecule has 0 aliphatic carbocycles. The molecule has 0 N–H and O–H groups in total. The number of halogens is 1. The normalized spacial score (nSPS) is 9.92. The van der Waals surface area contributed by atoms with Crippen molar-refractivity contribution < 1.29 is 14.3 Å². The van der Waals surface area contributed by atoms with E-state index in [1.165, 1.54) is 12.1 Å².